The van der Waals surface area contributed by atoms with Crippen LogP contribution < -0.4 is 0 Å². The summed E-state index contributed by atoms with van der Waals surface area (Å²) >= 11 is 0. The van der Waals surface area contributed by atoms with Crippen LogP contribution in [0.25, 0.3) is 0 Å². The molecule has 0 fully saturated rings. The fourth-order valence-electron chi connectivity index (χ4n) is 3.13. The predicted molar refractivity (Wildman–Crippen MR) is 99.2 cm³/mol. The van der Waals surface area contributed by atoms with Crippen molar-refractivity contribution in [3.63, 3.8) is 0 Å². The van der Waals surface area contributed by atoms with Crippen LogP contribution >= 0.6 is 0 Å². The molecule has 2 unspecified atom stereocenters. The van der Waals surface area contributed by atoms with Crippen LogP contribution in [0, 0.1) is 19.8 Å². The summed E-state index contributed by atoms with van der Waals surface area (Å²) in [6, 6.07) is 17.6. The number of allylic oxidation sites excluding steroid dienone is 1. The second kappa shape index (κ2) is 7.41. The van der Waals surface area contributed by atoms with Gasteiger partial charge in [0, 0.05) is 12.1 Å². The van der Waals surface area contributed by atoms with Gasteiger partial charge in [-0.2, -0.15) is 0 Å². The third-order valence-corrected chi connectivity index (χ3v) is 4.58. The Morgan fingerprint density at radius 2 is 1.61 bits per heavy atom. The molecular weight excluding hydrogens is 278 g/mol. The average Bonchev–Trinajstić information content (AvgIpc) is 2.59. The molecule has 0 heterocycles. The Hall–Kier alpha value is -2.15. The van der Waals surface area contributed by atoms with E-state index in [4.69, 9.17) is 4.99 Å². The van der Waals surface area contributed by atoms with Gasteiger partial charge in [-0.1, -0.05) is 71.8 Å². The molecule has 1 heteroatoms. The van der Waals surface area contributed by atoms with Crippen LogP contribution in [0.15, 0.2) is 65.7 Å². The van der Waals surface area contributed by atoms with E-state index in [-0.39, 0.29) is 6.04 Å². The SMILES string of the molecule is Cc1ccc(C=NC(c2ccc(C)cc2)C2C=CCCC2)cc1. The van der Waals surface area contributed by atoms with Gasteiger partial charge in [-0.15, -0.1) is 0 Å². The molecule has 0 spiro atoms. The van der Waals surface area contributed by atoms with Gasteiger partial charge in [-0.25, -0.2) is 0 Å². The molecule has 0 amide bonds. The Balaban J connectivity index is 1.87. The van der Waals surface area contributed by atoms with Gasteiger partial charge in [0.05, 0.1) is 6.04 Å². The number of nitrogens with zero attached hydrogens (tertiary/aromatic N) is 1. The lowest BCUT2D eigenvalue weighted by Crippen LogP contribution is -2.12. The predicted octanol–water partition coefficient (Wildman–Crippen LogP) is 5.82. The largest absolute Gasteiger partial charge is 0.284 e. The van der Waals surface area contributed by atoms with Gasteiger partial charge in [-0.3, -0.25) is 4.99 Å². The van der Waals surface area contributed by atoms with Gasteiger partial charge < -0.3 is 0 Å². The van der Waals surface area contributed by atoms with Crippen molar-refractivity contribution in [2.24, 2.45) is 10.9 Å². The molecule has 2 atom stereocenters. The Labute approximate surface area is 139 Å². The first-order valence-electron chi connectivity index (χ1n) is 8.55. The quantitative estimate of drug-likeness (QED) is 0.498. The highest BCUT2D eigenvalue weighted by Gasteiger charge is 2.21. The number of benzene rings is 2. The van der Waals surface area contributed by atoms with E-state index in [1.807, 2.05) is 6.21 Å². The van der Waals surface area contributed by atoms with Gasteiger partial charge in [0.15, 0.2) is 0 Å². The minimum Gasteiger partial charge on any atom is -0.284 e. The minimum atomic E-state index is 0.216. The van der Waals surface area contributed by atoms with Crippen molar-refractivity contribution in [3.8, 4) is 0 Å². The Kier molecular flexibility index (Phi) is 5.07. The van der Waals surface area contributed by atoms with E-state index in [0.29, 0.717) is 5.92 Å². The number of hydrogen-bond acceptors (Lipinski definition) is 1. The van der Waals surface area contributed by atoms with E-state index in [1.54, 1.807) is 0 Å². The molecule has 23 heavy (non-hydrogen) atoms. The molecular formula is C22H25N. The topological polar surface area (TPSA) is 12.4 Å². The molecule has 0 saturated carbocycles. The molecule has 1 nitrogen and oxygen atoms in total. The molecule has 3 rings (SSSR count). The molecule has 118 valence electrons. The Morgan fingerprint density at radius 3 is 2.22 bits per heavy atom. The van der Waals surface area contributed by atoms with Gasteiger partial charge in [0.25, 0.3) is 0 Å². The molecule has 1 aliphatic carbocycles. The second-order valence-electron chi connectivity index (χ2n) is 6.57. The summed E-state index contributed by atoms with van der Waals surface area (Å²) in [6.45, 7) is 4.25. The lowest BCUT2D eigenvalue weighted by atomic mass is 9.85. The monoisotopic (exact) mass is 303 g/mol. The number of rotatable bonds is 4. The van der Waals surface area contributed by atoms with Crippen LogP contribution in [-0.4, -0.2) is 6.21 Å². The first-order valence-corrected chi connectivity index (χ1v) is 8.55. The van der Waals surface area contributed by atoms with Gasteiger partial charge >= 0.3 is 0 Å². The first kappa shape index (κ1) is 15.7. The maximum atomic E-state index is 4.97. The number of aryl methyl sites for hydroxylation is 2. The second-order valence-corrected chi connectivity index (χ2v) is 6.57. The summed E-state index contributed by atoms with van der Waals surface area (Å²) in [7, 11) is 0. The highest BCUT2D eigenvalue weighted by Crippen LogP contribution is 2.33. The van der Waals surface area contributed by atoms with E-state index in [2.05, 4.69) is 74.5 Å². The fraction of sp³-hybridized carbons (Fsp3) is 0.318. The molecule has 0 aromatic heterocycles. The zero-order valence-electron chi connectivity index (χ0n) is 14.1. The summed E-state index contributed by atoms with van der Waals surface area (Å²) in [5.41, 5.74) is 5.07. The molecule has 2 aromatic carbocycles. The zero-order chi connectivity index (χ0) is 16.1. The summed E-state index contributed by atoms with van der Waals surface area (Å²) in [6.07, 6.45) is 10.4. The van der Waals surface area contributed by atoms with E-state index in [9.17, 15) is 0 Å². The molecule has 0 bridgehead atoms. The van der Waals surface area contributed by atoms with E-state index in [0.717, 1.165) is 0 Å². The normalized spacial score (nSPS) is 19.1. The van der Waals surface area contributed by atoms with Crippen molar-refractivity contribution in [2.45, 2.75) is 39.2 Å². The highest BCUT2D eigenvalue weighted by molar-refractivity contribution is 5.79. The summed E-state index contributed by atoms with van der Waals surface area (Å²) in [5, 5.41) is 0. The maximum absolute atomic E-state index is 4.97. The molecule has 1 aliphatic rings. The minimum absolute atomic E-state index is 0.216. The average molecular weight is 303 g/mol. The van der Waals surface area contributed by atoms with E-state index in [1.165, 1.54) is 41.5 Å². The van der Waals surface area contributed by atoms with Crippen LogP contribution in [0.4, 0.5) is 0 Å². The molecule has 2 aromatic rings. The molecule has 0 aliphatic heterocycles. The van der Waals surface area contributed by atoms with Gasteiger partial charge in [0.1, 0.15) is 0 Å². The summed E-state index contributed by atoms with van der Waals surface area (Å²) < 4.78 is 0. The summed E-state index contributed by atoms with van der Waals surface area (Å²) in [5.74, 6) is 0.508. The highest BCUT2D eigenvalue weighted by atomic mass is 14.8. The van der Waals surface area contributed by atoms with Crippen LogP contribution in [0.5, 0.6) is 0 Å². The summed E-state index contributed by atoms with van der Waals surface area (Å²) in [4.78, 5) is 4.97. The van der Waals surface area contributed by atoms with Gasteiger partial charge in [0.2, 0.25) is 0 Å². The van der Waals surface area contributed by atoms with Crippen molar-refractivity contribution in [2.75, 3.05) is 0 Å². The van der Waals surface area contributed by atoms with E-state index < -0.39 is 0 Å². The zero-order valence-corrected chi connectivity index (χ0v) is 14.1. The Morgan fingerprint density at radius 1 is 0.957 bits per heavy atom. The molecule has 0 saturated heterocycles. The lowest BCUT2D eigenvalue weighted by molar-refractivity contribution is 0.459. The molecule has 0 radical (unpaired) electrons. The van der Waals surface area contributed by atoms with Crippen LogP contribution in [0.3, 0.4) is 0 Å². The standard InChI is InChI=1S/C22H25N/c1-17-8-12-19(13-9-17)16-23-22(20-6-4-3-5-7-20)21-14-10-18(2)11-15-21/h4,6,8-16,20,22H,3,5,7H2,1-2H3. The van der Waals surface area contributed by atoms with Crippen molar-refractivity contribution < 1.29 is 0 Å². The van der Waals surface area contributed by atoms with Crippen molar-refractivity contribution >= 4 is 6.21 Å². The third-order valence-electron chi connectivity index (χ3n) is 4.58. The number of hydrogen-bond donors (Lipinski definition) is 0. The lowest BCUT2D eigenvalue weighted by Gasteiger charge is -2.24. The smallest absolute Gasteiger partial charge is 0.0811 e. The number of aliphatic imine (C=N–C) groups is 1. The molecule has 0 N–H and O–H groups in total. The van der Waals surface area contributed by atoms with Crippen molar-refractivity contribution in [1.29, 1.82) is 0 Å². The maximum Gasteiger partial charge on any atom is 0.0811 e. The fourth-order valence-corrected chi connectivity index (χ4v) is 3.13. The van der Waals surface area contributed by atoms with E-state index >= 15 is 0 Å². The van der Waals surface area contributed by atoms with Crippen LogP contribution in [0.2, 0.25) is 0 Å². The van der Waals surface area contributed by atoms with Crippen LogP contribution in [-0.2, 0) is 0 Å². The van der Waals surface area contributed by atoms with Crippen molar-refractivity contribution in [1.82, 2.24) is 0 Å². The Bertz CT molecular complexity index is 677. The first-order chi connectivity index (χ1) is 11.2. The van der Waals surface area contributed by atoms with Crippen molar-refractivity contribution in [3.05, 3.63) is 82.9 Å². The van der Waals surface area contributed by atoms with Gasteiger partial charge in [-0.05, 0) is 44.2 Å². The van der Waals surface area contributed by atoms with Crippen LogP contribution in [0.1, 0.15) is 47.6 Å². The third kappa shape index (κ3) is 4.19.